The Morgan fingerprint density at radius 2 is 1.55 bits per heavy atom. The minimum Gasteiger partial charge on any atom is -0.371 e. The molecule has 2 heteroatoms. The first-order chi connectivity index (χ1) is 10.6. The molecule has 2 fully saturated rings. The second-order valence-electron chi connectivity index (χ2n) is 7.04. The van der Waals surface area contributed by atoms with Gasteiger partial charge in [-0.25, -0.2) is 0 Å². The van der Waals surface area contributed by atoms with Gasteiger partial charge in [0.05, 0.1) is 0 Å². The highest BCUT2D eigenvalue weighted by Gasteiger charge is 2.43. The summed E-state index contributed by atoms with van der Waals surface area (Å²) in [7, 11) is 0. The van der Waals surface area contributed by atoms with Crippen molar-refractivity contribution in [2.45, 2.75) is 53.4 Å². The van der Waals surface area contributed by atoms with Gasteiger partial charge in [-0.3, -0.25) is 0 Å². The van der Waals surface area contributed by atoms with Crippen molar-refractivity contribution in [2.75, 3.05) is 37.6 Å². The lowest BCUT2D eigenvalue weighted by Crippen LogP contribution is -2.60. The average molecular weight is 303 g/mol. The van der Waals surface area contributed by atoms with Crippen molar-refractivity contribution in [3.05, 3.63) is 29.8 Å². The van der Waals surface area contributed by atoms with E-state index in [2.05, 4.69) is 54.8 Å². The molecule has 2 nitrogen and oxygen atoms in total. The molecule has 1 spiro atoms. The molecule has 1 aromatic carbocycles. The van der Waals surface area contributed by atoms with Crippen LogP contribution in [0.3, 0.4) is 0 Å². The van der Waals surface area contributed by atoms with Crippen LogP contribution in [-0.4, -0.2) is 37.6 Å². The van der Waals surface area contributed by atoms with Crippen LogP contribution in [0.25, 0.3) is 0 Å². The van der Waals surface area contributed by atoms with Gasteiger partial charge < -0.3 is 9.80 Å². The molecule has 0 aromatic heterocycles. The van der Waals surface area contributed by atoms with Gasteiger partial charge in [0, 0.05) is 31.9 Å². The maximum Gasteiger partial charge on any atom is 0.0366 e. The van der Waals surface area contributed by atoms with Gasteiger partial charge in [-0.2, -0.15) is 0 Å². The molecule has 0 N–H and O–H groups in total. The summed E-state index contributed by atoms with van der Waals surface area (Å²) in [5.74, 6) is 0.628. The minimum atomic E-state index is 0.628. The van der Waals surface area contributed by atoms with Gasteiger partial charge in [0.25, 0.3) is 0 Å². The van der Waals surface area contributed by atoms with Crippen LogP contribution in [0, 0.1) is 5.41 Å². The largest absolute Gasteiger partial charge is 0.371 e. The van der Waals surface area contributed by atoms with E-state index in [4.69, 9.17) is 0 Å². The van der Waals surface area contributed by atoms with Gasteiger partial charge in [-0.05, 0) is 48.4 Å². The van der Waals surface area contributed by atoms with Crippen LogP contribution in [0.2, 0.25) is 0 Å². The van der Waals surface area contributed by atoms with Crippen molar-refractivity contribution in [2.24, 2.45) is 5.41 Å². The summed E-state index contributed by atoms with van der Waals surface area (Å²) in [6, 6.07) is 9.22. The van der Waals surface area contributed by atoms with Gasteiger partial charge in [0.15, 0.2) is 0 Å². The number of nitrogens with zero attached hydrogens (tertiary/aromatic N) is 2. The van der Waals surface area contributed by atoms with Gasteiger partial charge in [0.2, 0.25) is 0 Å². The van der Waals surface area contributed by atoms with Crippen molar-refractivity contribution in [1.82, 2.24) is 4.90 Å². The SMILES string of the molecule is CC.CCN1CC2(CCN(c3ccc(C(C)C)cc3)CC2)C1. The van der Waals surface area contributed by atoms with E-state index in [0.717, 1.165) is 0 Å². The number of likely N-dealkylation sites (tertiary alicyclic amines) is 1. The molecule has 3 rings (SSSR count). The molecule has 124 valence electrons. The topological polar surface area (TPSA) is 6.48 Å². The van der Waals surface area contributed by atoms with Crippen LogP contribution in [0.4, 0.5) is 5.69 Å². The van der Waals surface area contributed by atoms with E-state index < -0.39 is 0 Å². The average Bonchev–Trinajstić information content (AvgIpc) is 2.54. The fourth-order valence-electron chi connectivity index (χ4n) is 3.75. The van der Waals surface area contributed by atoms with Crippen molar-refractivity contribution in [3.8, 4) is 0 Å². The van der Waals surface area contributed by atoms with Crippen molar-refractivity contribution in [3.63, 3.8) is 0 Å². The molecule has 0 bridgehead atoms. The zero-order valence-corrected chi connectivity index (χ0v) is 15.2. The Morgan fingerprint density at radius 3 is 2.00 bits per heavy atom. The van der Waals surface area contributed by atoms with Crippen molar-refractivity contribution >= 4 is 5.69 Å². The van der Waals surface area contributed by atoms with Crippen molar-refractivity contribution in [1.29, 1.82) is 0 Å². The van der Waals surface area contributed by atoms with Crippen LogP contribution in [0.15, 0.2) is 24.3 Å². The molecule has 0 atom stereocenters. The molecule has 0 aliphatic carbocycles. The van der Waals surface area contributed by atoms with E-state index in [1.54, 1.807) is 0 Å². The van der Waals surface area contributed by atoms with Crippen LogP contribution < -0.4 is 4.90 Å². The standard InChI is InChI=1S/C18H28N2.C2H6/c1-4-19-13-18(14-19)9-11-20(12-10-18)17-7-5-16(6-8-17)15(2)3;1-2/h5-8,15H,4,9-14H2,1-3H3;1-2H3. The highest BCUT2D eigenvalue weighted by Crippen LogP contribution is 2.41. The zero-order valence-electron chi connectivity index (χ0n) is 15.2. The maximum absolute atomic E-state index is 2.58. The first-order valence-corrected chi connectivity index (χ1v) is 9.19. The fraction of sp³-hybridized carbons (Fsp3) is 0.700. The monoisotopic (exact) mass is 302 g/mol. The molecule has 2 aliphatic rings. The number of anilines is 1. The van der Waals surface area contributed by atoms with E-state index >= 15 is 0 Å². The summed E-state index contributed by atoms with van der Waals surface area (Å²) >= 11 is 0. The molecular formula is C20H34N2. The summed E-state index contributed by atoms with van der Waals surface area (Å²) in [6.07, 6.45) is 2.74. The highest BCUT2D eigenvalue weighted by atomic mass is 15.2. The Hall–Kier alpha value is -1.02. The van der Waals surface area contributed by atoms with E-state index in [0.29, 0.717) is 11.3 Å². The molecular weight excluding hydrogens is 268 g/mol. The fourth-order valence-corrected chi connectivity index (χ4v) is 3.75. The molecule has 22 heavy (non-hydrogen) atoms. The Balaban J connectivity index is 0.000000847. The van der Waals surface area contributed by atoms with Gasteiger partial charge >= 0.3 is 0 Å². The predicted octanol–water partition coefficient (Wildman–Crippen LogP) is 4.76. The molecule has 2 aliphatic heterocycles. The molecule has 0 radical (unpaired) electrons. The molecule has 1 aromatic rings. The van der Waals surface area contributed by atoms with E-state index in [1.165, 1.54) is 56.8 Å². The molecule has 2 saturated heterocycles. The van der Waals surface area contributed by atoms with Gasteiger partial charge in [0.1, 0.15) is 0 Å². The Labute approximate surface area is 137 Å². The molecule has 2 heterocycles. The number of hydrogen-bond acceptors (Lipinski definition) is 2. The van der Waals surface area contributed by atoms with Crippen LogP contribution >= 0.6 is 0 Å². The van der Waals surface area contributed by atoms with E-state index in [9.17, 15) is 0 Å². The second kappa shape index (κ2) is 7.50. The first-order valence-electron chi connectivity index (χ1n) is 9.19. The summed E-state index contributed by atoms with van der Waals surface area (Å²) in [5.41, 5.74) is 3.51. The third kappa shape index (κ3) is 3.65. The second-order valence-corrected chi connectivity index (χ2v) is 7.04. The lowest BCUT2D eigenvalue weighted by Gasteiger charge is -2.54. The van der Waals surface area contributed by atoms with E-state index in [1.807, 2.05) is 13.8 Å². The smallest absolute Gasteiger partial charge is 0.0366 e. The molecule has 0 unspecified atom stereocenters. The molecule has 0 saturated carbocycles. The van der Waals surface area contributed by atoms with Crippen molar-refractivity contribution < 1.29 is 0 Å². The zero-order chi connectivity index (χ0) is 16.2. The van der Waals surface area contributed by atoms with Gasteiger partial charge in [-0.15, -0.1) is 0 Å². The predicted molar refractivity (Wildman–Crippen MR) is 97.9 cm³/mol. The number of hydrogen-bond donors (Lipinski definition) is 0. The Bertz CT molecular complexity index is 433. The van der Waals surface area contributed by atoms with Crippen LogP contribution in [0.1, 0.15) is 58.9 Å². The Kier molecular flexibility index (Phi) is 5.91. The Morgan fingerprint density at radius 1 is 1.00 bits per heavy atom. The third-order valence-corrected chi connectivity index (χ3v) is 5.31. The normalized spacial score (nSPS) is 20.5. The lowest BCUT2D eigenvalue weighted by molar-refractivity contribution is -0.0143. The van der Waals surface area contributed by atoms with Crippen LogP contribution in [-0.2, 0) is 0 Å². The van der Waals surface area contributed by atoms with Gasteiger partial charge in [-0.1, -0.05) is 46.8 Å². The number of rotatable bonds is 3. The minimum absolute atomic E-state index is 0.628. The summed E-state index contributed by atoms with van der Waals surface area (Å²) in [5, 5.41) is 0. The quantitative estimate of drug-likeness (QED) is 0.794. The van der Waals surface area contributed by atoms with Crippen LogP contribution in [0.5, 0.6) is 0 Å². The lowest BCUT2D eigenvalue weighted by atomic mass is 9.72. The number of piperidine rings is 1. The summed E-state index contributed by atoms with van der Waals surface area (Å²) < 4.78 is 0. The van der Waals surface area contributed by atoms with E-state index in [-0.39, 0.29) is 0 Å². The highest BCUT2D eigenvalue weighted by molar-refractivity contribution is 5.48. The summed E-state index contributed by atoms with van der Waals surface area (Å²) in [6.45, 7) is 17.2. The maximum atomic E-state index is 2.58. The first kappa shape index (κ1) is 17.3. The third-order valence-electron chi connectivity index (χ3n) is 5.31. The summed E-state index contributed by atoms with van der Waals surface area (Å²) in [4.78, 5) is 5.15. The molecule has 0 amide bonds. The number of benzene rings is 1.